The topological polar surface area (TPSA) is 64.3 Å². The first kappa shape index (κ1) is 8.55. The van der Waals surface area contributed by atoms with E-state index in [1.807, 2.05) is 0 Å². The summed E-state index contributed by atoms with van der Waals surface area (Å²) in [6.45, 7) is 0. The van der Waals surface area contributed by atoms with Crippen LogP contribution in [-0.2, 0) is 0 Å². The van der Waals surface area contributed by atoms with E-state index in [9.17, 15) is 10.0 Å². The van der Waals surface area contributed by atoms with Crippen molar-refractivity contribution in [3.05, 3.63) is 34.7 Å². The second-order valence-electron chi connectivity index (χ2n) is 2.76. The molecule has 0 fully saturated rings. The summed E-state index contributed by atoms with van der Waals surface area (Å²) in [7, 11) is 1.54. The fourth-order valence-electron chi connectivity index (χ4n) is 1.21. The average molecular weight is 192 g/mol. The first-order valence-corrected chi connectivity index (χ1v) is 3.97. The molecule has 0 aliphatic rings. The Morgan fingerprint density at radius 3 is 3.00 bits per heavy atom. The van der Waals surface area contributed by atoms with E-state index in [-0.39, 0.29) is 0 Å². The van der Waals surface area contributed by atoms with Gasteiger partial charge in [-0.25, -0.2) is 4.98 Å². The Morgan fingerprint density at radius 1 is 1.50 bits per heavy atom. The number of hydrogen-bond donors (Lipinski definition) is 1. The molecule has 0 radical (unpaired) electrons. The zero-order chi connectivity index (χ0) is 10.1. The summed E-state index contributed by atoms with van der Waals surface area (Å²) in [4.78, 5) is 14.9. The summed E-state index contributed by atoms with van der Waals surface area (Å²) < 4.78 is 5.54. The lowest BCUT2D eigenvalue weighted by Gasteiger charge is -2.03. The zero-order valence-electron chi connectivity index (χ0n) is 7.47. The van der Waals surface area contributed by atoms with E-state index in [1.165, 1.54) is 7.11 Å². The molecule has 1 aromatic heterocycles. The monoisotopic (exact) mass is 192 g/mol. The molecule has 1 N–H and O–H groups in total. The van der Waals surface area contributed by atoms with Crippen LogP contribution in [0.15, 0.2) is 29.2 Å². The van der Waals surface area contributed by atoms with E-state index in [4.69, 9.17) is 4.74 Å². The van der Waals surface area contributed by atoms with Gasteiger partial charge in [-0.15, -0.1) is 4.73 Å². The maximum absolute atomic E-state index is 11.0. The third-order valence-corrected chi connectivity index (χ3v) is 1.93. The Hall–Kier alpha value is -2.04. The van der Waals surface area contributed by atoms with Gasteiger partial charge in [0.05, 0.1) is 18.8 Å². The Labute approximate surface area is 79.2 Å². The molecule has 5 nitrogen and oxygen atoms in total. The minimum Gasteiger partial charge on any atom is -0.497 e. The van der Waals surface area contributed by atoms with Crippen molar-refractivity contribution in [2.75, 3.05) is 7.11 Å². The van der Waals surface area contributed by atoms with Crippen molar-refractivity contribution in [1.82, 2.24) is 9.71 Å². The summed E-state index contributed by atoms with van der Waals surface area (Å²) in [5.41, 5.74) is 0.312. The number of rotatable bonds is 1. The highest BCUT2D eigenvalue weighted by molar-refractivity contribution is 5.75. The van der Waals surface area contributed by atoms with Crippen molar-refractivity contribution in [3.63, 3.8) is 0 Å². The van der Waals surface area contributed by atoms with Gasteiger partial charge in [-0.3, -0.25) is 4.79 Å². The van der Waals surface area contributed by atoms with Crippen LogP contribution < -0.4 is 10.3 Å². The van der Waals surface area contributed by atoms with E-state index >= 15 is 0 Å². The van der Waals surface area contributed by atoms with Gasteiger partial charge in [0.1, 0.15) is 11.3 Å². The highest BCUT2D eigenvalue weighted by Gasteiger charge is 2.03. The summed E-state index contributed by atoms with van der Waals surface area (Å²) in [6.07, 6.45) is 1.06. The number of fused-ring (bicyclic) bond motifs is 1. The first-order valence-electron chi connectivity index (χ1n) is 3.97. The standard InChI is InChI=1S/C9H8N2O3/c1-14-6-2-3-8-7(4-6)10-5-9(12)11(8)13/h2-5,13H,1H3. The quantitative estimate of drug-likeness (QED) is 0.673. The van der Waals surface area contributed by atoms with Gasteiger partial charge in [-0.05, 0) is 12.1 Å². The lowest BCUT2D eigenvalue weighted by molar-refractivity contribution is 0.188. The van der Waals surface area contributed by atoms with Gasteiger partial charge in [-0.2, -0.15) is 0 Å². The average Bonchev–Trinajstić information content (AvgIpc) is 2.23. The van der Waals surface area contributed by atoms with Gasteiger partial charge in [0.2, 0.25) is 0 Å². The number of hydrogen-bond acceptors (Lipinski definition) is 4. The molecule has 2 aromatic rings. The van der Waals surface area contributed by atoms with Gasteiger partial charge >= 0.3 is 5.56 Å². The molecule has 0 spiro atoms. The van der Waals surface area contributed by atoms with E-state index in [0.717, 1.165) is 6.20 Å². The molecule has 2 rings (SSSR count). The predicted molar refractivity (Wildman–Crippen MR) is 49.7 cm³/mol. The van der Waals surface area contributed by atoms with Crippen LogP contribution in [0, 0.1) is 0 Å². The van der Waals surface area contributed by atoms with Gasteiger partial charge in [-0.1, -0.05) is 0 Å². The molecule has 0 unspecified atom stereocenters. The third kappa shape index (κ3) is 1.19. The molecule has 0 aliphatic heterocycles. The fourth-order valence-corrected chi connectivity index (χ4v) is 1.21. The Morgan fingerprint density at radius 2 is 2.29 bits per heavy atom. The van der Waals surface area contributed by atoms with Crippen LogP contribution in [0.4, 0.5) is 0 Å². The van der Waals surface area contributed by atoms with Crippen LogP contribution in [-0.4, -0.2) is 22.0 Å². The van der Waals surface area contributed by atoms with E-state index in [2.05, 4.69) is 4.98 Å². The molecule has 72 valence electrons. The number of nitrogens with zero attached hydrogens (tertiary/aromatic N) is 2. The molecule has 1 heterocycles. The molecule has 1 aromatic carbocycles. The normalized spacial score (nSPS) is 10.4. The minimum absolute atomic E-state index is 0.360. The smallest absolute Gasteiger partial charge is 0.301 e. The predicted octanol–water partition coefficient (Wildman–Crippen LogP) is 0.642. The molecular formula is C9H8N2O3. The van der Waals surface area contributed by atoms with Crippen LogP contribution in [0.5, 0.6) is 5.75 Å². The van der Waals surface area contributed by atoms with Crippen molar-refractivity contribution in [1.29, 1.82) is 0 Å². The van der Waals surface area contributed by atoms with Gasteiger partial charge < -0.3 is 9.94 Å². The van der Waals surface area contributed by atoms with Crippen LogP contribution in [0.25, 0.3) is 11.0 Å². The van der Waals surface area contributed by atoms with Crippen molar-refractivity contribution >= 4 is 11.0 Å². The van der Waals surface area contributed by atoms with Crippen molar-refractivity contribution in [2.24, 2.45) is 0 Å². The van der Waals surface area contributed by atoms with Crippen LogP contribution in [0.1, 0.15) is 0 Å². The van der Waals surface area contributed by atoms with Crippen LogP contribution >= 0.6 is 0 Å². The van der Waals surface area contributed by atoms with Crippen LogP contribution in [0.3, 0.4) is 0 Å². The maximum atomic E-state index is 11.0. The second-order valence-corrected chi connectivity index (χ2v) is 2.76. The summed E-state index contributed by atoms with van der Waals surface area (Å²) in [5.74, 6) is 0.628. The molecule has 0 saturated heterocycles. The lowest BCUT2D eigenvalue weighted by atomic mass is 10.3. The summed E-state index contributed by atoms with van der Waals surface area (Å²) >= 11 is 0. The second kappa shape index (κ2) is 3.02. The van der Waals surface area contributed by atoms with Crippen LogP contribution in [0.2, 0.25) is 0 Å². The molecule has 0 saturated carbocycles. The van der Waals surface area contributed by atoms with E-state index in [1.54, 1.807) is 18.2 Å². The molecule has 0 amide bonds. The largest absolute Gasteiger partial charge is 0.497 e. The molecule has 0 aliphatic carbocycles. The van der Waals surface area contributed by atoms with E-state index in [0.29, 0.717) is 21.5 Å². The van der Waals surface area contributed by atoms with Gasteiger partial charge in [0, 0.05) is 6.07 Å². The van der Waals surface area contributed by atoms with Crippen molar-refractivity contribution in [3.8, 4) is 5.75 Å². The Balaban J connectivity index is 2.81. The van der Waals surface area contributed by atoms with Gasteiger partial charge in [0.15, 0.2) is 0 Å². The van der Waals surface area contributed by atoms with Gasteiger partial charge in [0.25, 0.3) is 0 Å². The maximum Gasteiger partial charge on any atom is 0.301 e. The Bertz CT molecular complexity index is 533. The number of methoxy groups -OCH3 is 1. The van der Waals surface area contributed by atoms with Crippen molar-refractivity contribution < 1.29 is 9.94 Å². The molecule has 0 atom stereocenters. The number of benzene rings is 1. The summed E-state index contributed by atoms with van der Waals surface area (Å²) in [6, 6.07) is 4.86. The SMILES string of the molecule is COc1ccc2c(c1)ncc(=O)n2O. The zero-order valence-corrected chi connectivity index (χ0v) is 7.47. The summed E-state index contributed by atoms with van der Waals surface area (Å²) in [5, 5.41) is 9.35. The number of ether oxygens (including phenoxy) is 1. The molecule has 0 bridgehead atoms. The highest BCUT2D eigenvalue weighted by Crippen LogP contribution is 2.16. The highest BCUT2D eigenvalue weighted by atomic mass is 16.5. The minimum atomic E-state index is -0.553. The third-order valence-electron chi connectivity index (χ3n) is 1.93. The van der Waals surface area contributed by atoms with E-state index < -0.39 is 5.56 Å². The molecular weight excluding hydrogens is 184 g/mol. The Kier molecular flexibility index (Phi) is 1.85. The first-order chi connectivity index (χ1) is 6.72. The molecule has 5 heteroatoms. The molecule has 14 heavy (non-hydrogen) atoms. The fraction of sp³-hybridized carbons (Fsp3) is 0.111. The lowest BCUT2D eigenvalue weighted by Crippen LogP contribution is -2.17. The number of aromatic nitrogens is 2. The van der Waals surface area contributed by atoms with Crippen molar-refractivity contribution in [2.45, 2.75) is 0 Å².